The number of hydrogen-bond donors (Lipinski definition) is 2. The maximum Gasteiger partial charge on any atom is 0.416 e. The average Bonchev–Trinajstić information content (AvgIpc) is 3.27. The predicted octanol–water partition coefficient (Wildman–Crippen LogP) is 3.69. The largest absolute Gasteiger partial charge is 0.416 e. The maximum atomic E-state index is 13.8. The van der Waals surface area contributed by atoms with Crippen molar-refractivity contribution in [3.8, 4) is 11.8 Å². The van der Waals surface area contributed by atoms with Crippen LogP contribution in [0.1, 0.15) is 22.4 Å². The zero-order chi connectivity index (χ0) is 24.3. The summed E-state index contributed by atoms with van der Waals surface area (Å²) in [5.41, 5.74) is 1.90. The van der Waals surface area contributed by atoms with E-state index >= 15 is 0 Å². The fraction of sp³-hybridized carbons (Fsp3) is 0.240. The van der Waals surface area contributed by atoms with E-state index in [0.717, 1.165) is 32.2 Å². The highest BCUT2D eigenvalue weighted by Gasteiger charge is 2.34. The summed E-state index contributed by atoms with van der Waals surface area (Å²) in [6.45, 7) is 3.26. The number of imidazole rings is 1. The van der Waals surface area contributed by atoms with Gasteiger partial charge in [-0.1, -0.05) is 12.0 Å². The molecule has 3 aromatic heterocycles. The van der Waals surface area contributed by atoms with Gasteiger partial charge < -0.3 is 10.6 Å². The number of halogens is 3. The number of pyridine rings is 1. The Hall–Kier alpha value is -3.94. The zero-order valence-corrected chi connectivity index (χ0v) is 18.7. The van der Waals surface area contributed by atoms with Gasteiger partial charge in [0.15, 0.2) is 5.65 Å². The van der Waals surface area contributed by atoms with Gasteiger partial charge in [0, 0.05) is 56.4 Å². The van der Waals surface area contributed by atoms with Crippen LogP contribution < -0.4 is 10.6 Å². The molecule has 1 fully saturated rings. The lowest BCUT2D eigenvalue weighted by molar-refractivity contribution is -0.138. The van der Waals surface area contributed by atoms with Crippen LogP contribution in [0, 0.1) is 11.8 Å². The molecule has 10 heteroatoms. The van der Waals surface area contributed by atoms with Crippen molar-refractivity contribution in [2.24, 2.45) is 0 Å². The van der Waals surface area contributed by atoms with Gasteiger partial charge in [-0.25, -0.2) is 14.5 Å². The van der Waals surface area contributed by atoms with E-state index in [2.05, 4.69) is 37.5 Å². The van der Waals surface area contributed by atoms with E-state index < -0.39 is 11.7 Å². The van der Waals surface area contributed by atoms with E-state index in [4.69, 9.17) is 0 Å². The summed E-state index contributed by atoms with van der Waals surface area (Å²) < 4.78 is 43.1. The molecule has 0 atom stereocenters. The number of piperazine rings is 1. The van der Waals surface area contributed by atoms with Gasteiger partial charge in [-0.15, -0.1) is 0 Å². The van der Waals surface area contributed by atoms with E-state index in [0.29, 0.717) is 28.4 Å². The molecule has 5 rings (SSSR count). The minimum absolute atomic E-state index is 0.262. The van der Waals surface area contributed by atoms with Gasteiger partial charge in [0.1, 0.15) is 11.5 Å². The summed E-state index contributed by atoms with van der Waals surface area (Å²) in [5, 5.41) is 10.4. The molecule has 0 radical (unpaired) electrons. The Morgan fingerprint density at radius 1 is 1.00 bits per heavy atom. The number of anilines is 2. The van der Waals surface area contributed by atoms with Crippen LogP contribution in [0.25, 0.3) is 5.65 Å². The second-order valence-corrected chi connectivity index (χ2v) is 8.14. The highest BCUT2D eigenvalue weighted by atomic mass is 19.4. The summed E-state index contributed by atoms with van der Waals surface area (Å²) in [5.74, 6) is 6.46. The molecule has 0 unspecified atom stereocenters. The van der Waals surface area contributed by atoms with E-state index in [1.54, 1.807) is 47.4 Å². The molecule has 4 aromatic rings. The Morgan fingerprint density at radius 2 is 1.86 bits per heavy atom. The van der Waals surface area contributed by atoms with Crippen LogP contribution in [0.3, 0.4) is 0 Å². The number of aromatic nitrogens is 4. The van der Waals surface area contributed by atoms with Gasteiger partial charge in [-0.05, 0) is 47.9 Å². The second kappa shape index (κ2) is 9.74. The predicted molar refractivity (Wildman–Crippen MR) is 126 cm³/mol. The lowest BCUT2D eigenvalue weighted by Gasteiger charge is -2.28. The van der Waals surface area contributed by atoms with Crippen LogP contribution in [0.2, 0.25) is 0 Å². The van der Waals surface area contributed by atoms with Crippen molar-refractivity contribution in [3.63, 3.8) is 0 Å². The van der Waals surface area contributed by atoms with Crippen molar-refractivity contribution >= 4 is 17.2 Å². The first kappa shape index (κ1) is 22.8. The Kier molecular flexibility index (Phi) is 6.35. The van der Waals surface area contributed by atoms with Gasteiger partial charge in [0.05, 0.1) is 11.8 Å². The maximum absolute atomic E-state index is 13.8. The van der Waals surface area contributed by atoms with Gasteiger partial charge in [-0.3, -0.25) is 4.90 Å². The third-order valence-electron chi connectivity index (χ3n) is 5.66. The van der Waals surface area contributed by atoms with E-state index in [1.807, 2.05) is 11.0 Å². The van der Waals surface area contributed by atoms with E-state index in [-0.39, 0.29) is 12.1 Å². The molecular formula is C25H22F3N7. The van der Waals surface area contributed by atoms with Crippen LogP contribution >= 0.6 is 0 Å². The number of benzene rings is 1. The molecule has 1 aliphatic heterocycles. The standard InChI is InChI=1S/C25H22F3N7/c26-25(27,28)22-15-20(5-4-19(22)17-34-12-10-29-11-13-34)33-23-14-18(7-9-30-23)3-6-21-16-31-24-2-1-8-32-35(21)24/h1-2,4-5,7-9,14-16,29H,10-13,17H2,(H,30,33). The van der Waals surface area contributed by atoms with Crippen molar-refractivity contribution in [2.45, 2.75) is 12.7 Å². The number of rotatable bonds is 4. The molecule has 1 aromatic carbocycles. The first-order valence-electron chi connectivity index (χ1n) is 11.1. The molecular weight excluding hydrogens is 455 g/mol. The number of hydrogen-bond acceptors (Lipinski definition) is 6. The third kappa shape index (κ3) is 5.42. The molecule has 178 valence electrons. The van der Waals surface area contributed by atoms with Gasteiger partial charge in [-0.2, -0.15) is 18.3 Å². The summed E-state index contributed by atoms with van der Waals surface area (Å²) in [4.78, 5) is 10.5. The minimum Gasteiger partial charge on any atom is -0.340 e. The van der Waals surface area contributed by atoms with Crippen molar-refractivity contribution < 1.29 is 13.2 Å². The van der Waals surface area contributed by atoms with Crippen LogP contribution in [0.4, 0.5) is 24.7 Å². The molecule has 4 heterocycles. The van der Waals surface area contributed by atoms with Crippen molar-refractivity contribution in [1.82, 2.24) is 29.8 Å². The second-order valence-electron chi connectivity index (χ2n) is 8.14. The van der Waals surface area contributed by atoms with Gasteiger partial charge >= 0.3 is 6.18 Å². The lowest BCUT2D eigenvalue weighted by atomic mass is 10.0. The van der Waals surface area contributed by atoms with Gasteiger partial charge in [0.2, 0.25) is 0 Å². The normalized spacial score (nSPS) is 14.5. The Balaban J connectivity index is 1.36. The smallest absolute Gasteiger partial charge is 0.340 e. The van der Waals surface area contributed by atoms with Crippen LogP contribution in [-0.4, -0.2) is 50.7 Å². The number of fused-ring (bicyclic) bond motifs is 1. The lowest BCUT2D eigenvalue weighted by Crippen LogP contribution is -2.43. The number of alkyl halides is 3. The first-order chi connectivity index (χ1) is 17.0. The molecule has 1 saturated heterocycles. The quantitative estimate of drug-likeness (QED) is 0.437. The van der Waals surface area contributed by atoms with Gasteiger partial charge in [0.25, 0.3) is 0 Å². The van der Waals surface area contributed by atoms with Crippen molar-refractivity contribution in [1.29, 1.82) is 0 Å². The average molecular weight is 477 g/mol. The van der Waals surface area contributed by atoms with Crippen LogP contribution in [0.5, 0.6) is 0 Å². The molecule has 0 aliphatic carbocycles. The zero-order valence-electron chi connectivity index (χ0n) is 18.7. The number of nitrogens with one attached hydrogen (secondary N) is 2. The molecule has 0 spiro atoms. The number of nitrogens with zero attached hydrogens (tertiary/aromatic N) is 5. The molecule has 1 aliphatic rings. The topological polar surface area (TPSA) is 70.4 Å². The minimum atomic E-state index is -4.45. The fourth-order valence-corrected chi connectivity index (χ4v) is 3.94. The Labute approximate surface area is 200 Å². The third-order valence-corrected chi connectivity index (χ3v) is 5.66. The molecule has 0 bridgehead atoms. The highest BCUT2D eigenvalue weighted by molar-refractivity contribution is 5.60. The monoisotopic (exact) mass is 477 g/mol. The van der Waals surface area contributed by atoms with E-state index in [1.165, 1.54) is 6.07 Å². The fourth-order valence-electron chi connectivity index (χ4n) is 3.94. The summed E-state index contributed by atoms with van der Waals surface area (Å²) in [6, 6.07) is 11.4. The molecule has 0 amide bonds. The Bertz CT molecular complexity index is 1400. The summed E-state index contributed by atoms with van der Waals surface area (Å²) >= 11 is 0. The Morgan fingerprint density at radius 3 is 2.69 bits per heavy atom. The molecule has 35 heavy (non-hydrogen) atoms. The van der Waals surface area contributed by atoms with Crippen molar-refractivity contribution in [2.75, 3.05) is 31.5 Å². The van der Waals surface area contributed by atoms with E-state index in [9.17, 15) is 13.2 Å². The van der Waals surface area contributed by atoms with Crippen molar-refractivity contribution in [3.05, 3.63) is 83.4 Å². The highest BCUT2D eigenvalue weighted by Crippen LogP contribution is 2.35. The van der Waals surface area contributed by atoms with Crippen LogP contribution in [-0.2, 0) is 12.7 Å². The van der Waals surface area contributed by atoms with Crippen LogP contribution in [0.15, 0.2) is 61.1 Å². The molecule has 7 nitrogen and oxygen atoms in total. The molecule has 2 N–H and O–H groups in total. The molecule has 0 saturated carbocycles. The summed E-state index contributed by atoms with van der Waals surface area (Å²) in [7, 11) is 0. The SMILES string of the molecule is FC(F)(F)c1cc(Nc2cc(C#Cc3cnc4cccnn34)ccn2)ccc1CN1CCNCC1. The summed E-state index contributed by atoms with van der Waals surface area (Å²) in [6.07, 6.45) is 0.390. The first-order valence-corrected chi connectivity index (χ1v) is 11.1.